The summed E-state index contributed by atoms with van der Waals surface area (Å²) in [5, 5.41) is 9.42. The molecule has 17 heavy (non-hydrogen) atoms. The molecule has 0 spiro atoms. The van der Waals surface area contributed by atoms with E-state index in [-0.39, 0.29) is 0 Å². The molecule has 88 valence electrons. The Morgan fingerprint density at radius 2 is 1.41 bits per heavy atom. The predicted molar refractivity (Wildman–Crippen MR) is 75.3 cm³/mol. The summed E-state index contributed by atoms with van der Waals surface area (Å²) in [6, 6.07) is 16.2. The van der Waals surface area contributed by atoms with Crippen molar-refractivity contribution >= 4 is 27.7 Å². The van der Waals surface area contributed by atoms with Crippen LogP contribution in [0.2, 0.25) is 0 Å². The number of benzene rings is 2. The van der Waals surface area contributed by atoms with Crippen LogP contribution in [0.15, 0.2) is 62.8 Å². The van der Waals surface area contributed by atoms with Crippen molar-refractivity contribution < 1.29 is 5.11 Å². The second kappa shape index (κ2) is 5.71. The predicted octanol–water partition coefficient (Wildman–Crippen LogP) is 4.65. The number of hydrogen-bond acceptors (Lipinski definition) is 2. The molecule has 0 aliphatic carbocycles. The summed E-state index contributed by atoms with van der Waals surface area (Å²) < 4.78 is 1.09. The van der Waals surface area contributed by atoms with E-state index in [0.29, 0.717) is 0 Å². The molecule has 0 amide bonds. The second-order valence-corrected chi connectivity index (χ2v) is 5.86. The van der Waals surface area contributed by atoms with Gasteiger partial charge in [0, 0.05) is 14.3 Å². The van der Waals surface area contributed by atoms with Crippen LogP contribution in [0.5, 0.6) is 0 Å². The van der Waals surface area contributed by atoms with Gasteiger partial charge in [0.15, 0.2) is 0 Å². The Balaban J connectivity index is 2.11. The molecule has 0 aliphatic heterocycles. The fraction of sp³-hybridized carbons (Fsp3) is 0.143. The zero-order valence-corrected chi connectivity index (χ0v) is 11.8. The summed E-state index contributed by atoms with van der Waals surface area (Å²) >= 11 is 5.13. The maximum atomic E-state index is 9.42. The normalized spacial score (nSPS) is 12.4. The number of hydrogen-bond donors (Lipinski definition) is 1. The number of aliphatic hydroxyl groups excluding tert-OH is 1. The number of rotatable bonds is 3. The number of halogens is 1. The lowest BCUT2D eigenvalue weighted by Gasteiger charge is -2.06. The first-order chi connectivity index (χ1) is 8.15. The first-order valence-electron chi connectivity index (χ1n) is 5.36. The maximum Gasteiger partial charge on any atom is 0.0761 e. The average molecular weight is 309 g/mol. The van der Waals surface area contributed by atoms with Crippen molar-refractivity contribution in [2.75, 3.05) is 0 Å². The maximum absolute atomic E-state index is 9.42. The van der Waals surface area contributed by atoms with Crippen molar-refractivity contribution in [2.45, 2.75) is 22.8 Å². The Morgan fingerprint density at radius 3 is 1.88 bits per heavy atom. The van der Waals surface area contributed by atoms with Crippen LogP contribution in [0, 0.1) is 0 Å². The average Bonchev–Trinajstić information content (AvgIpc) is 2.33. The minimum absolute atomic E-state index is 0.401. The molecule has 2 rings (SSSR count). The van der Waals surface area contributed by atoms with E-state index in [4.69, 9.17) is 0 Å². The Morgan fingerprint density at radius 1 is 0.941 bits per heavy atom. The van der Waals surface area contributed by atoms with E-state index in [2.05, 4.69) is 28.1 Å². The highest BCUT2D eigenvalue weighted by molar-refractivity contribution is 9.10. The zero-order valence-electron chi connectivity index (χ0n) is 9.43. The van der Waals surface area contributed by atoms with E-state index in [1.807, 2.05) is 36.4 Å². The third kappa shape index (κ3) is 3.60. The van der Waals surface area contributed by atoms with Gasteiger partial charge in [-0.3, -0.25) is 0 Å². The first-order valence-corrected chi connectivity index (χ1v) is 6.97. The molecule has 0 bridgehead atoms. The number of aliphatic hydroxyl groups is 1. The highest BCUT2D eigenvalue weighted by atomic mass is 79.9. The van der Waals surface area contributed by atoms with Crippen molar-refractivity contribution in [2.24, 2.45) is 0 Å². The molecule has 3 heteroatoms. The minimum Gasteiger partial charge on any atom is -0.389 e. The van der Waals surface area contributed by atoms with Gasteiger partial charge < -0.3 is 5.11 Å². The van der Waals surface area contributed by atoms with Crippen LogP contribution in [-0.4, -0.2) is 5.11 Å². The summed E-state index contributed by atoms with van der Waals surface area (Å²) in [6.07, 6.45) is -0.401. The molecule has 0 radical (unpaired) electrons. The highest BCUT2D eigenvalue weighted by Crippen LogP contribution is 2.29. The van der Waals surface area contributed by atoms with Crippen molar-refractivity contribution in [1.29, 1.82) is 0 Å². The fourth-order valence-electron chi connectivity index (χ4n) is 1.45. The monoisotopic (exact) mass is 308 g/mol. The molecule has 0 fully saturated rings. The van der Waals surface area contributed by atoms with E-state index >= 15 is 0 Å². The lowest BCUT2D eigenvalue weighted by molar-refractivity contribution is 0.199. The zero-order chi connectivity index (χ0) is 12.3. The van der Waals surface area contributed by atoms with Gasteiger partial charge in [0.25, 0.3) is 0 Å². The Hall–Kier alpha value is -0.770. The van der Waals surface area contributed by atoms with Gasteiger partial charge in [-0.05, 0) is 48.9 Å². The molecule has 1 N–H and O–H groups in total. The molecular formula is C14H13BrOS. The highest BCUT2D eigenvalue weighted by Gasteiger charge is 2.01. The van der Waals surface area contributed by atoms with Crippen LogP contribution in [0.3, 0.4) is 0 Å². The standard InChI is InChI=1S/C14H13BrOS/c1-10(16)11-2-6-13(7-3-11)17-14-8-4-12(15)5-9-14/h2-10,16H,1H3/t10-/m1/s1. The molecule has 0 unspecified atom stereocenters. The van der Waals surface area contributed by atoms with E-state index < -0.39 is 6.10 Å². The van der Waals surface area contributed by atoms with Gasteiger partial charge in [0.05, 0.1) is 6.10 Å². The Bertz CT molecular complexity index is 477. The van der Waals surface area contributed by atoms with Crippen LogP contribution < -0.4 is 0 Å². The van der Waals surface area contributed by atoms with Crippen molar-refractivity contribution in [1.82, 2.24) is 0 Å². The van der Waals surface area contributed by atoms with Gasteiger partial charge in [-0.2, -0.15) is 0 Å². The first kappa shape index (κ1) is 12.7. The molecule has 1 nitrogen and oxygen atoms in total. The van der Waals surface area contributed by atoms with Gasteiger partial charge in [-0.25, -0.2) is 0 Å². The molecule has 0 heterocycles. The van der Waals surface area contributed by atoms with Crippen molar-refractivity contribution in [3.63, 3.8) is 0 Å². The summed E-state index contributed by atoms with van der Waals surface area (Å²) in [6.45, 7) is 1.77. The molecule has 0 saturated heterocycles. The van der Waals surface area contributed by atoms with Crippen LogP contribution in [0.4, 0.5) is 0 Å². The van der Waals surface area contributed by atoms with Crippen LogP contribution >= 0.6 is 27.7 Å². The molecule has 0 aliphatic rings. The fourth-order valence-corrected chi connectivity index (χ4v) is 2.53. The molecular weight excluding hydrogens is 296 g/mol. The lowest BCUT2D eigenvalue weighted by Crippen LogP contribution is -1.89. The molecule has 2 aromatic rings. The smallest absolute Gasteiger partial charge is 0.0761 e. The van der Waals surface area contributed by atoms with Crippen molar-refractivity contribution in [3.05, 3.63) is 58.6 Å². The van der Waals surface area contributed by atoms with Crippen LogP contribution in [0.1, 0.15) is 18.6 Å². The molecule has 1 atom stereocenters. The topological polar surface area (TPSA) is 20.2 Å². The Kier molecular flexibility index (Phi) is 4.26. The van der Waals surface area contributed by atoms with E-state index in [9.17, 15) is 5.11 Å². The van der Waals surface area contributed by atoms with E-state index in [1.54, 1.807) is 18.7 Å². The van der Waals surface area contributed by atoms with Gasteiger partial charge in [0.1, 0.15) is 0 Å². The third-order valence-corrected chi connectivity index (χ3v) is 3.96. The second-order valence-electron chi connectivity index (χ2n) is 3.80. The lowest BCUT2D eigenvalue weighted by atomic mass is 10.1. The largest absolute Gasteiger partial charge is 0.389 e. The summed E-state index contributed by atoms with van der Waals surface area (Å²) in [5.41, 5.74) is 0.949. The molecule has 0 saturated carbocycles. The molecule has 2 aromatic carbocycles. The summed E-state index contributed by atoms with van der Waals surface area (Å²) in [5.74, 6) is 0. The van der Waals surface area contributed by atoms with Gasteiger partial charge in [0.2, 0.25) is 0 Å². The van der Waals surface area contributed by atoms with E-state index in [0.717, 1.165) is 10.0 Å². The van der Waals surface area contributed by atoms with E-state index in [1.165, 1.54) is 9.79 Å². The van der Waals surface area contributed by atoms with Crippen molar-refractivity contribution in [3.8, 4) is 0 Å². The minimum atomic E-state index is -0.401. The summed E-state index contributed by atoms with van der Waals surface area (Å²) in [7, 11) is 0. The van der Waals surface area contributed by atoms with Crippen LogP contribution in [0.25, 0.3) is 0 Å². The van der Waals surface area contributed by atoms with Gasteiger partial charge in [-0.1, -0.05) is 39.8 Å². The van der Waals surface area contributed by atoms with Crippen LogP contribution in [-0.2, 0) is 0 Å². The third-order valence-electron chi connectivity index (χ3n) is 2.41. The van der Waals surface area contributed by atoms with Gasteiger partial charge >= 0.3 is 0 Å². The van der Waals surface area contributed by atoms with Gasteiger partial charge in [-0.15, -0.1) is 0 Å². The Labute approximate surface area is 114 Å². The molecule has 0 aromatic heterocycles. The SMILES string of the molecule is C[C@@H](O)c1ccc(Sc2ccc(Br)cc2)cc1. The summed E-state index contributed by atoms with van der Waals surface area (Å²) in [4.78, 5) is 2.38. The quantitative estimate of drug-likeness (QED) is 0.890.